The van der Waals surface area contributed by atoms with E-state index in [-0.39, 0.29) is 29.6 Å². The highest BCUT2D eigenvalue weighted by Gasteiger charge is 2.29. The molecule has 35 heavy (non-hydrogen) atoms. The Hall–Kier alpha value is -3.37. The molecule has 1 saturated carbocycles. The van der Waals surface area contributed by atoms with Crippen molar-refractivity contribution in [3.8, 4) is 17.4 Å². The summed E-state index contributed by atoms with van der Waals surface area (Å²) in [6, 6.07) is 4.90. The van der Waals surface area contributed by atoms with Gasteiger partial charge in [-0.3, -0.25) is 4.68 Å². The Morgan fingerprint density at radius 2 is 1.77 bits per heavy atom. The van der Waals surface area contributed by atoms with Gasteiger partial charge in [0, 0.05) is 11.6 Å². The van der Waals surface area contributed by atoms with Gasteiger partial charge in [-0.05, 0) is 37.5 Å². The average molecular weight is 486 g/mol. The number of aromatic nitrogens is 3. The van der Waals surface area contributed by atoms with Crippen molar-refractivity contribution in [2.75, 3.05) is 21.3 Å². The van der Waals surface area contributed by atoms with Gasteiger partial charge in [0.15, 0.2) is 0 Å². The zero-order chi connectivity index (χ0) is 25.1. The lowest BCUT2D eigenvalue weighted by Crippen LogP contribution is -2.31. The maximum atomic E-state index is 11.8. The number of aliphatic hydroxyl groups excluding tert-OH is 1. The topological polar surface area (TPSA) is 125 Å². The van der Waals surface area contributed by atoms with E-state index in [1.807, 2.05) is 6.92 Å². The number of pyridine rings is 1. The second kappa shape index (κ2) is 10.5. The third-order valence-corrected chi connectivity index (χ3v) is 6.44. The van der Waals surface area contributed by atoms with Crippen LogP contribution in [0.3, 0.4) is 0 Å². The summed E-state index contributed by atoms with van der Waals surface area (Å²) in [6.45, 7) is 2.07. The highest BCUT2D eigenvalue weighted by Crippen LogP contribution is 2.35. The van der Waals surface area contributed by atoms with Gasteiger partial charge in [-0.2, -0.15) is 5.10 Å². The number of fused-ring (bicyclic) bond motifs is 1. The fourth-order valence-corrected chi connectivity index (χ4v) is 4.55. The third-order valence-electron chi connectivity index (χ3n) is 6.44. The maximum absolute atomic E-state index is 11.8. The molecule has 0 radical (unpaired) electrons. The van der Waals surface area contributed by atoms with E-state index < -0.39 is 18.2 Å². The second-order valence-corrected chi connectivity index (χ2v) is 8.68. The van der Waals surface area contributed by atoms with Crippen LogP contribution >= 0.6 is 0 Å². The summed E-state index contributed by atoms with van der Waals surface area (Å²) in [4.78, 5) is 16.1. The zero-order valence-corrected chi connectivity index (χ0v) is 20.4. The number of carbonyl (C=O) groups is 1. The number of aromatic carboxylic acids is 1. The summed E-state index contributed by atoms with van der Waals surface area (Å²) >= 11 is 0. The van der Waals surface area contributed by atoms with Gasteiger partial charge in [-0.15, -0.1) is 0 Å². The molecule has 1 aliphatic rings. The number of nitrogens with zero attached hydrogens (tertiary/aromatic N) is 3. The predicted octanol–water partition coefficient (Wildman–Crippen LogP) is 3.53. The van der Waals surface area contributed by atoms with Crippen molar-refractivity contribution in [1.82, 2.24) is 14.8 Å². The van der Waals surface area contributed by atoms with Crippen molar-refractivity contribution >= 4 is 17.0 Å². The Kier molecular flexibility index (Phi) is 7.42. The fraction of sp³-hybridized carbons (Fsp3) is 0.480. The van der Waals surface area contributed by atoms with Crippen molar-refractivity contribution in [2.45, 2.75) is 57.5 Å². The van der Waals surface area contributed by atoms with Gasteiger partial charge in [0.25, 0.3) is 0 Å². The van der Waals surface area contributed by atoms with E-state index in [0.717, 1.165) is 31.2 Å². The van der Waals surface area contributed by atoms with E-state index in [0.29, 0.717) is 22.6 Å². The SMILES string of the molecule is COc1cc(C(=O)O)c2nn(CC(OC3CCCC3)C(O)c3cc(OC)c(C)c(OC)c3)cc2n1. The van der Waals surface area contributed by atoms with Crippen LogP contribution < -0.4 is 14.2 Å². The summed E-state index contributed by atoms with van der Waals surface area (Å²) in [6.07, 6.45) is 4.01. The Balaban J connectivity index is 1.70. The van der Waals surface area contributed by atoms with Crippen molar-refractivity contribution in [3.63, 3.8) is 0 Å². The van der Waals surface area contributed by atoms with Gasteiger partial charge < -0.3 is 29.2 Å². The van der Waals surface area contributed by atoms with Crippen LogP contribution in [0, 0.1) is 6.92 Å². The van der Waals surface area contributed by atoms with Crippen LogP contribution in [0.15, 0.2) is 24.4 Å². The molecule has 3 aromatic rings. The third kappa shape index (κ3) is 5.18. The molecule has 0 aliphatic heterocycles. The summed E-state index contributed by atoms with van der Waals surface area (Å²) in [7, 11) is 4.57. The first-order chi connectivity index (χ1) is 16.8. The van der Waals surface area contributed by atoms with E-state index in [2.05, 4.69) is 10.1 Å². The largest absolute Gasteiger partial charge is 0.496 e. The minimum Gasteiger partial charge on any atom is -0.496 e. The Bertz CT molecular complexity index is 1180. The summed E-state index contributed by atoms with van der Waals surface area (Å²) in [5.41, 5.74) is 2.04. The van der Waals surface area contributed by atoms with E-state index >= 15 is 0 Å². The van der Waals surface area contributed by atoms with E-state index in [1.54, 1.807) is 37.2 Å². The first kappa shape index (κ1) is 24.7. The van der Waals surface area contributed by atoms with Gasteiger partial charge in [0.2, 0.25) is 5.88 Å². The summed E-state index contributed by atoms with van der Waals surface area (Å²) in [5.74, 6) is 0.265. The van der Waals surface area contributed by atoms with Crippen LogP contribution in [0.4, 0.5) is 0 Å². The van der Waals surface area contributed by atoms with Gasteiger partial charge in [-0.25, -0.2) is 9.78 Å². The lowest BCUT2D eigenvalue weighted by atomic mass is 10.0. The monoisotopic (exact) mass is 485 g/mol. The first-order valence-corrected chi connectivity index (χ1v) is 11.6. The normalized spacial score (nSPS) is 15.8. The molecule has 1 aromatic carbocycles. The van der Waals surface area contributed by atoms with Crippen LogP contribution in [0.1, 0.15) is 53.3 Å². The number of benzene rings is 1. The second-order valence-electron chi connectivity index (χ2n) is 8.68. The molecule has 10 heteroatoms. The van der Waals surface area contributed by atoms with E-state index in [9.17, 15) is 15.0 Å². The number of carboxylic acid groups (broad SMARTS) is 1. The molecule has 4 rings (SSSR count). The zero-order valence-electron chi connectivity index (χ0n) is 20.4. The molecule has 0 amide bonds. The number of carboxylic acids is 1. The lowest BCUT2D eigenvalue weighted by molar-refractivity contribution is -0.0845. The fourth-order valence-electron chi connectivity index (χ4n) is 4.55. The quantitative estimate of drug-likeness (QED) is 0.444. The van der Waals surface area contributed by atoms with Crippen LogP contribution in [-0.2, 0) is 11.3 Å². The van der Waals surface area contributed by atoms with Crippen molar-refractivity contribution in [1.29, 1.82) is 0 Å². The molecule has 2 N–H and O–H groups in total. The molecule has 2 aromatic heterocycles. The van der Waals surface area contributed by atoms with Gasteiger partial charge in [0.1, 0.15) is 34.7 Å². The molecular weight excluding hydrogens is 454 g/mol. The molecule has 0 bridgehead atoms. The number of aliphatic hydroxyl groups is 1. The molecule has 0 saturated heterocycles. The molecule has 1 aliphatic carbocycles. The molecule has 2 heterocycles. The van der Waals surface area contributed by atoms with Gasteiger partial charge >= 0.3 is 5.97 Å². The average Bonchev–Trinajstić information content (AvgIpc) is 3.51. The van der Waals surface area contributed by atoms with Crippen molar-refractivity contribution in [3.05, 3.63) is 41.1 Å². The van der Waals surface area contributed by atoms with Crippen molar-refractivity contribution < 1.29 is 34.0 Å². The Morgan fingerprint density at radius 3 is 2.34 bits per heavy atom. The standard InChI is InChI=1S/C25H31N3O7/c1-14-19(32-2)9-15(10-20(14)33-3)24(29)21(35-16-7-5-6-8-16)13-28-12-18-23(27-28)17(25(30)31)11-22(26-18)34-4/h9-12,16,21,24,29H,5-8,13H2,1-4H3,(H,30,31). The van der Waals surface area contributed by atoms with E-state index in [1.165, 1.54) is 13.2 Å². The minimum atomic E-state index is -1.13. The Labute approximate surface area is 203 Å². The summed E-state index contributed by atoms with van der Waals surface area (Å²) < 4.78 is 24.0. The summed E-state index contributed by atoms with van der Waals surface area (Å²) in [5, 5.41) is 25.5. The molecule has 2 atom stereocenters. The van der Waals surface area contributed by atoms with Crippen LogP contribution in [0.5, 0.6) is 17.4 Å². The van der Waals surface area contributed by atoms with Crippen LogP contribution in [0.2, 0.25) is 0 Å². The Morgan fingerprint density at radius 1 is 1.11 bits per heavy atom. The van der Waals surface area contributed by atoms with Crippen LogP contribution in [0.25, 0.3) is 11.0 Å². The molecule has 188 valence electrons. The first-order valence-electron chi connectivity index (χ1n) is 11.6. The predicted molar refractivity (Wildman–Crippen MR) is 127 cm³/mol. The molecule has 2 unspecified atom stereocenters. The van der Waals surface area contributed by atoms with Crippen molar-refractivity contribution in [2.24, 2.45) is 0 Å². The highest BCUT2D eigenvalue weighted by molar-refractivity contribution is 6.00. The molecule has 10 nitrogen and oxygen atoms in total. The number of rotatable bonds is 10. The number of hydrogen-bond acceptors (Lipinski definition) is 8. The van der Waals surface area contributed by atoms with Gasteiger partial charge in [0.05, 0.1) is 45.7 Å². The lowest BCUT2D eigenvalue weighted by Gasteiger charge is -2.27. The molecule has 0 spiro atoms. The number of hydrogen-bond donors (Lipinski definition) is 2. The minimum absolute atomic E-state index is 0.00702. The number of ether oxygens (including phenoxy) is 4. The maximum Gasteiger partial charge on any atom is 0.338 e. The molecular formula is C25H31N3O7. The molecule has 1 fully saturated rings. The highest BCUT2D eigenvalue weighted by atomic mass is 16.5. The van der Waals surface area contributed by atoms with Gasteiger partial charge in [-0.1, -0.05) is 12.8 Å². The number of methoxy groups -OCH3 is 3. The van der Waals surface area contributed by atoms with E-state index in [4.69, 9.17) is 18.9 Å². The van der Waals surface area contributed by atoms with Crippen LogP contribution in [-0.4, -0.2) is 64.5 Å². The smallest absolute Gasteiger partial charge is 0.338 e.